The van der Waals surface area contributed by atoms with Crippen molar-refractivity contribution in [1.82, 2.24) is 0 Å². The maximum Gasteiger partial charge on any atom is 0.0888 e. The van der Waals surface area contributed by atoms with Crippen molar-refractivity contribution in [2.75, 3.05) is 6.61 Å². The molecule has 70 valence electrons. The third-order valence-corrected chi connectivity index (χ3v) is 2.65. The van der Waals surface area contributed by atoms with E-state index in [4.69, 9.17) is 4.74 Å². The Balaban J connectivity index is 1.74. The minimum Gasteiger partial charge on any atom is -0.370 e. The van der Waals surface area contributed by atoms with Gasteiger partial charge in [-0.25, -0.2) is 0 Å². The largest absolute Gasteiger partial charge is 0.370 e. The van der Waals surface area contributed by atoms with E-state index in [0.717, 1.165) is 6.61 Å². The molecule has 1 aliphatic rings. The van der Waals surface area contributed by atoms with Gasteiger partial charge in [-0.15, -0.1) is 0 Å². The molecule has 1 saturated heterocycles. The Morgan fingerprint density at radius 2 is 2.00 bits per heavy atom. The van der Waals surface area contributed by atoms with Crippen molar-refractivity contribution < 1.29 is 4.74 Å². The zero-order valence-electron chi connectivity index (χ0n) is 8.12. The quantitative estimate of drug-likeness (QED) is 0.643. The molecule has 1 aromatic rings. The lowest BCUT2D eigenvalue weighted by molar-refractivity contribution is 0.304. The monoisotopic (exact) mass is 176 g/mol. The number of hydrogen-bond donors (Lipinski definition) is 0. The zero-order valence-corrected chi connectivity index (χ0v) is 8.12. The fourth-order valence-electron chi connectivity index (χ4n) is 1.58. The summed E-state index contributed by atoms with van der Waals surface area (Å²) in [5, 5.41) is 0. The van der Waals surface area contributed by atoms with Gasteiger partial charge in [0.2, 0.25) is 0 Å². The highest BCUT2D eigenvalue weighted by atomic mass is 16.6. The molecular formula is C12H16O. The summed E-state index contributed by atoms with van der Waals surface area (Å²) in [4.78, 5) is 0. The summed E-state index contributed by atoms with van der Waals surface area (Å²) in [5.74, 6) is 0. The summed E-state index contributed by atoms with van der Waals surface area (Å²) in [6.07, 6.45) is 3.61. The van der Waals surface area contributed by atoms with Crippen LogP contribution in [0.2, 0.25) is 0 Å². The van der Waals surface area contributed by atoms with Crippen molar-refractivity contribution in [3.8, 4) is 0 Å². The molecule has 0 N–H and O–H groups in total. The summed E-state index contributed by atoms with van der Waals surface area (Å²) in [6, 6.07) is 10.6. The van der Waals surface area contributed by atoms with Gasteiger partial charge in [-0.1, -0.05) is 30.3 Å². The van der Waals surface area contributed by atoms with Gasteiger partial charge in [0.05, 0.1) is 12.2 Å². The van der Waals surface area contributed by atoms with Crippen molar-refractivity contribution in [3.05, 3.63) is 35.9 Å². The van der Waals surface area contributed by atoms with Crippen LogP contribution in [0.3, 0.4) is 0 Å². The molecule has 1 aromatic carbocycles. The van der Waals surface area contributed by atoms with Crippen LogP contribution in [-0.2, 0) is 11.2 Å². The van der Waals surface area contributed by atoms with Crippen LogP contribution in [0.5, 0.6) is 0 Å². The summed E-state index contributed by atoms with van der Waals surface area (Å²) in [6.45, 7) is 3.15. The van der Waals surface area contributed by atoms with E-state index in [1.165, 1.54) is 24.8 Å². The molecule has 0 aromatic heterocycles. The Kier molecular flexibility index (Phi) is 2.36. The van der Waals surface area contributed by atoms with Crippen molar-refractivity contribution in [1.29, 1.82) is 0 Å². The van der Waals surface area contributed by atoms with E-state index in [2.05, 4.69) is 37.3 Å². The Hall–Kier alpha value is -0.820. The smallest absolute Gasteiger partial charge is 0.0888 e. The molecule has 0 aliphatic carbocycles. The molecule has 0 radical (unpaired) electrons. The molecule has 0 spiro atoms. The number of hydrogen-bond acceptors (Lipinski definition) is 1. The lowest BCUT2D eigenvalue weighted by Gasteiger charge is -2.04. The molecule has 1 heterocycles. The third kappa shape index (κ3) is 2.56. The van der Waals surface area contributed by atoms with Crippen LogP contribution in [0.1, 0.15) is 25.3 Å². The maximum absolute atomic E-state index is 5.33. The topological polar surface area (TPSA) is 12.5 Å². The van der Waals surface area contributed by atoms with E-state index in [9.17, 15) is 0 Å². The van der Waals surface area contributed by atoms with Gasteiger partial charge in [-0.05, 0) is 31.7 Å². The highest BCUT2D eigenvalue weighted by molar-refractivity contribution is 5.14. The SMILES string of the molecule is CC1(CCCc2ccccc2)CO1. The molecule has 1 unspecified atom stereocenters. The van der Waals surface area contributed by atoms with Crippen molar-refractivity contribution in [2.24, 2.45) is 0 Å². The average Bonchev–Trinajstić information content (AvgIpc) is 2.86. The van der Waals surface area contributed by atoms with Crippen LogP contribution < -0.4 is 0 Å². The molecule has 0 amide bonds. The van der Waals surface area contributed by atoms with Crippen LogP contribution in [0.15, 0.2) is 30.3 Å². The third-order valence-electron chi connectivity index (χ3n) is 2.65. The predicted octanol–water partition coefficient (Wildman–Crippen LogP) is 2.80. The number of ether oxygens (including phenoxy) is 1. The molecule has 1 aliphatic heterocycles. The van der Waals surface area contributed by atoms with Gasteiger partial charge >= 0.3 is 0 Å². The van der Waals surface area contributed by atoms with Crippen LogP contribution in [0, 0.1) is 0 Å². The van der Waals surface area contributed by atoms with Crippen molar-refractivity contribution in [2.45, 2.75) is 31.8 Å². The van der Waals surface area contributed by atoms with E-state index < -0.39 is 0 Å². The van der Waals surface area contributed by atoms with Gasteiger partial charge in [0.1, 0.15) is 0 Å². The lowest BCUT2D eigenvalue weighted by atomic mass is 10.0. The van der Waals surface area contributed by atoms with Gasteiger partial charge < -0.3 is 4.74 Å². The molecule has 0 bridgehead atoms. The van der Waals surface area contributed by atoms with E-state index >= 15 is 0 Å². The summed E-state index contributed by atoms with van der Waals surface area (Å²) in [5.41, 5.74) is 1.67. The fourth-order valence-corrected chi connectivity index (χ4v) is 1.58. The number of rotatable bonds is 4. The Bertz CT molecular complexity index is 262. The number of aryl methyl sites for hydroxylation is 1. The van der Waals surface area contributed by atoms with Gasteiger partial charge in [-0.3, -0.25) is 0 Å². The van der Waals surface area contributed by atoms with Gasteiger partial charge in [-0.2, -0.15) is 0 Å². The Labute approximate surface area is 79.7 Å². The van der Waals surface area contributed by atoms with Gasteiger partial charge in [0, 0.05) is 0 Å². The van der Waals surface area contributed by atoms with E-state index in [-0.39, 0.29) is 5.60 Å². The van der Waals surface area contributed by atoms with Crippen LogP contribution in [-0.4, -0.2) is 12.2 Å². The first kappa shape index (κ1) is 8.76. The lowest BCUT2D eigenvalue weighted by Crippen LogP contribution is -2.04. The molecule has 1 nitrogen and oxygen atoms in total. The number of epoxide rings is 1. The fraction of sp³-hybridized carbons (Fsp3) is 0.500. The first-order chi connectivity index (χ1) is 6.29. The molecule has 1 heteroatoms. The van der Waals surface area contributed by atoms with E-state index in [1.807, 2.05) is 0 Å². The van der Waals surface area contributed by atoms with Crippen LogP contribution >= 0.6 is 0 Å². The molecule has 1 fully saturated rings. The minimum atomic E-state index is 0.231. The maximum atomic E-state index is 5.33. The molecule has 1 atom stereocenters. The second kappa shape index (κ2) is 3.51. The zero-order chi connectivity index (χ0) is 9.15. The van der Waals surface area contributed by atoms with Gasteiger partial charge in [0.15, 0.2) is 0 Å². The summed E-state index contributed by atoms with van der Waals surface area (Å²) < 4.78 is 5.33. The van der Waals surface area contributed by atoms with Crippen LogP contribution in [0.4, 0.5) is 0 Å². The Morgan fingerprint density at radius 3 is 2.62 bits per heavy atom. The highest BCUT2D eigenvalue weighted by Gasteiger charge is 2.37. The average molecular weight is 176 g/mol. The summed E-state index contributed by atoms with van der Waals surface area (Å²) >= 11 is 0. The van der Waals surface area contributed by atoms with E-state index in [0.29, 0.717) is 0 Å². The van der Waals surface area contributed by atoms with Crippen molar-refractivity contribution in [3.63, 3.8) is 0 Å². The first-order valence-corrected chi connectivity index (χ1v) is 4.96. The molecule has 2 rings (SSSR count). The standard InChI is InChI=1S/C12H16O/c1-12(10-13-12)9-5-8-11-6-3-2-4-7-11/h2-4,6-7H,5,8-10H2,1H3. The second-order valence-electron chi connectivity index (χ2n) is 4.08. The van der Waals surface area contributed by atoms with Gasteiger partial charge in [0.25, 0.3) is 0 Å². The molecule has 13 heavy (non-hydrogen) atoms. The summed E-state index contributed by atoms with van der Waals surface area (Å²) in [7, 11) is 0. The normalized spacial score (nSPS) is 25.9. The molecule has 0 saturated carbocycles. The minimum absolute atomic E-state index is 0.231. The van der Waals surface area contributed by atoms with Crippen molar-refractivity contribution >= 4 is 0 Å². The Morgan fingerprint density at radius 1 is 1.31 bits per heavy atom. The number of benzene rings is 1. The predicted molar refractivity (Wildman–Crippen MR) is 53.7 cm³/mol. The first-order valence-electron chi connectivity index (χ1n) is 4.96. The highest BCUT2D eigenvalue weighted by Crippen LogP contribution is 2.31. The van der Waals surface area contributed by atoms with E-state index in [1.54, 1.807) is 0 Å². The van der Waals surface area contributed by atoms with Crippen LogP contribution in [0.25, 0.3) is 0 Å². The second-order valence-corrected chi connectivity index (χ2v) is 4.08. The molecular weight excluding hydrogens is 160 g/mol.